The van der Waals surface area contributed by atoms with Crippen LogP contribution in [-0.4, -0.2) is 13.0 Å². The number of halogens is 1. The quantitative estimate of drug-likeness (QED) is 0.336. The number of hydrogen-bond donors (Lipinski definition) is 2. The first-order chi connectivity index (χ1) is 13.9. The van der Waals surface area contributed by atoms with Crippen LogP contribution in [-0.2, 0) is 11.3 Å². The first kappa shape index (κ1) is 23.5. The highest BCUT2D eigenvalue weighted by Crippen LogP contribution is 2.48. The maximum Gasteiger partial charge on any atom is 0.251 e. The number of rotatable bonds is 10. The number of hydrogen-bond acceptors (Lipinski definition) is 2. The molecule has 1 saturated carbocycles. The molecular weight excluding hydrogens is 380 g/mol. The highest BCUT2D eigenvalue weighted by Gasteiger charge is 2.38. The Morgan fingerprint density at radius 2 is 1.83 bits per heavy atom. The first-order valence-electron chi connectivity index (χ1n) is 11.0. The Bertz CT molecular complexity index is 758. The number of allylic oxidation sites excluding steroid dienone is 2. The van der Waals surface area contributed by atoms with Crippen LogP contribution in [0.3, 0.4) is 0 Å². The maximum atomic E-state index is 13.4. The number of carbonyl (C=O) groups is 1. The summed E-state index contributed by atoms with van der Waals surface area (Å²) in [6.45, 7) is 9.27. The number of unbranched alkanes of at least 4 members (excludes halogenated alkanes) is 1. The topological polar surface area (TPSA) is 41.1 Å². The molecule has 0 atom stereocenters. The Kier molecular flexibility index (Phi) is 8.82. The molecule has 0 aromatic heterocycles. The van der Waals surface area contributed by atoms with E-state index in [1.165, 1.54) is 30.5 Å². The molecule has 1 aliphatic carbocycles. The summed E-state index contributed by atoms with van der Waals surface area (Å²) < 4.78 is 0. The van der Waals surface area contributed by atoms with Gasteiger partial charge in [0.2, 0.25) is 0 Å². The largest absolute Gasteiger partial charge is 0.391 e. The van der Waals surface area contributed by atoms with E-state index in [9.17, 15) is 4.79 Å². The fraction of sp³-hybridized carbons (Fsp3) is 0.560. The summed E-state index contributed by atoms with van der Waals surface area (Å²) in [7, 11) is 2.01. The molecule has 4 heteroatoms. The zero-order chi connectivity index (χ0) is 21.4. The van der Waals surface area contributed by atoms with Gasteiger partial charge in [0.1, 0.15) is 0 Å². The van der Waals surface area contributed by atoms with Crippen molar-refractivity contribution < 1.29 is 4.79 Å². The van der Waals surface area contributed by atoms with Gasteiger partial charge >= 0.3 is 0 Å². The van der Waals surface area contributed by atoms with Crippen molar-refractivity contribution in [1.29, 1.82) is 0 Å². The summed E-state index contributed by atoms with van der Waals surface area (Å²) in [5.74, 6) is 0.0288. The molecule has 3 nitrogen and oxygen atoms in total. The third kappa shape index (κ3) is 5.88. The van der Waals surface area contributed by atoms with Gasteiger partial charge in [-0.3, -0.25) is 4.79 Å². The Morgan fingerprint density at radius 3 is 2.31 bits per heavy atom. The molecule has 0 bridgehead atoms. The van der Waals surface area contributed by atoms with E-state index < -0.39 is 0 Å². The summed E-state index contributed by atoms with van der Waals surface area (Å²) in [5.41, 5.74) is 5.72. The molecule has 0 radical (unpaired) electrons. The van der Waals surface area contributed by atoms with E-state index in [0.717, 1.165) is 42.4 Å². The Morgan fingerprint density at radius 1 is 1.17 bits per heavy atom. The number of benzene rings is 1. The minimum atomic E-state index is 0.0288. The standard InChI is InChI=1S/C25H37ClN2O/c1-6-8-10-21(23(27-5)25(4)15-9-16-25)22(18(3)7-2)24(29)28-17-19-11-13-20(26)14-12-19/h11-14,27H,6-10,15-17H2,1-5H3,(H,28,29)/b22-18?,23-21-. The van der Waals surface area contributed by atoms with Crippen LogP contribution in [0.2, 0.25) is 5.02 Å². The van der Waals surface area contributed by atoms with Crippen LogP contribution < -0.4 is 10.6 Å². The lowest BCUT2D eigenvalue weighted by molar-refractivity contribution is -0.117. The lowest BCUT2D eigenvalue weighted by Crippen LogP contribution is -2.36. The molecule has 0 spiro atoms. The molecule has 1 fully saturated rings. The van der Waals surface area contributed by atoms with Gasteiger partial charge in [0, 0.05) is 35.3 Å². The zero-order valence-corrected chi connectivity index (χ0v) is 19.5. The molecule has 0 heterocycles. The summed E-state index contributed by atoms with van der Waals surface area (Å²) >= 11 is 5.98. The Labute approximate surface area is 182 Å². The second-order valence-electron chi connectivity index (χ2n) is 8.44. The normalized spacial score (nSPS) is 17.0. The van der Waals surface area contributed by atoms with Crippen molar-refractivity contribution in [2.45, 2.75) is 79.2 Å². The van der Waals surface area contributed by atoms with E-state index in [1.807, 2.05) is 31.3 Å². The van der Waals surface area contributed by atoms with Crippen LogP contribution >= 0.6 is 11.6 Å². The number of nitrogens with one attached hydrogen (secondary N) is 2. The molecule has 0 aliphatic heterocycles. The van der Waals surface area contributed by atoms with Gasteiger partial charge in [-0.25, -0.2) is 0 Å². The van der Waals surface area contributed by atoms with Crippen LogP contribution in [0.1, 0.15) is 78.2 Å². The molecule has 29 heavy (non-hydrogen) atoms. The smallest absolute Gasteiger partial charge is 0.251 e. The fourth-order valence-corrected chi connectivity index (χ4v) is 4.27. The summed E-state index contributed by atoms with van der Waals surface area (Å²) in [4.78, 5) is 13.4. The van der Waals surface area contributed by atoms with Crippen molar-refractivity contribution >= 4 is 17.5 Å². The second kappa shape index (κ2) is 10.9. The third-order valence-electron chi connectivity index (χ3n) is 6.25. The highest BCUT2D eigenvalue weighted by atomic mass is 35.5. The van der Waals surface area contributed by atoms with Crippen LogP contribution in [0.25, 0.3) is 0 Å². The van der Waals surface area contributed by atoms with E-state index in [2.05, 4.69) is 38.3 Å². The molecule has 2 N–H and O–H groups in total. The van der Waals surface area contributed by atoms with E-state index in [0.29, 0.717) is 11.6 Å². The van der Waals surface area contributed by atoms with Crippen molar-refractivity contribution in [3.05, 3.63) is 57.3 Å². The predicted molar refractivity (Wildman–Crippen MR) is 124 cm³/mol. The predicted octanol–water partition coefficient (Wildman–Crippen LogP) is 6.54. The lowest BCUT2D eigenvalue weighted by Gasteiger charge is -2.42. The third-order valence-corrected chi connectivity index (χ3v) is 6.50. The van der Waals surface area contributed by atoms with E-state index in [-0.39, 0.29) is 11.3 Å². The molecule has 1 aliphatic rings. The maximum absolute atomic E-state index is 13.4. The van der Waals surface area contributed by atoms with Gasteiger partial charge in [-0.2, -0.15) is 0 Å². The van der Waals surface area contributed by atoms with Gasteiger partial charge in [0.15, 0.2) is 0 Å². The number of carbonyl (C=O) groups excluding carboxylic acids is 1. The van der Waals surface area contributed by atoms with Crippen LogP contribution in [0.15, 0.2) is 46.7 Å². The summed E-state index contributed by atoms with van der Waals surface area (Å²) in [5, 5.41) is 7.36. The van der Waals surface area contributed by atoms with E-state index in [1.54, 1.807) is 0 Å². The SMILES string of the molecule is CCCC/C(C(C(=O)NCc1ccc(Cl)cc1)=C(C)CC)=C(/NC)C1(C)CCC1. The van der Waals surface area contributed by atoms with Gasteiger partial charge in [0.05, 0.1) is 0 Å². The van der Waals surface area contributed by atoms with Crippen LogP contribution in [0, 0.1) is 5.41 Å². The molecule has 1 aromatic rings. The zero-order valence-electron chi connectivity index (χ0n) is 18.8. The van der Waals surface area contributed by atoms with Gasteiger partial charge in [-0.1, -0.05) is 62.9 Å². The van der Waals surface area contributed by atoms with Gasteiger partial charge < -0.3 is 10.6 Å². The van der Waals surface area contributed by atoms with Crippen molar-refractivity contribution in [2.24, 2.45) is 5.41 Å². The number of amides is 1. The average molecular weight is 417 g/mol. The Balaban J connectivity index is 2.38. The van der Waals surface area contributed by atoms with Crippen LogP contribution in [0.5, 0.6) is 0 Å². The van der Waals surface area contributed by atoms with Gasteiger partial charge in [-0.05, 0) is 62.3 Å². The molecule has 1 aromatic carbocycles. The minimum absolute atomic E-state index is 0.0288. The molecule has 0 unspecified atom stereocenters. The molecule has 160 valence electrons. The van der Waals surface area contributed by atoms with Gasteiger partial charge in [0.25, 0.3) is 5.91 Å². The van der Waals surface area contributed by atoms with Crippen molar-refractivity contribution in [3.8, 4) is 0 Å². The molecular formula is C25H37ClN2O. The molecule has 2 rings (SSSR count). The summed E-state index contributed by atoms with van der Waals surface area (Å²) in [6.07, 6.45) is 7.63. The van der Waals surface area contributed by atoms with Crippen molar-refractivity contribution in [2.75, 3.05) is 7.05 Å². The van der Waals surface area contributed by atoms with E-state index in [4.69, 9.17) is 11.6 Å². The molecule has 1 amide bonds. The van der Waals surface area contributed by atoms with Gasteiger partial charge in [-0.15, -0.1) is 0 Å². The van der Waals surface area contributed by atoms with Crippen LogP contribution in [0.4, 0.5) is 0 Å². The average Bonchev–Trinajstić information content (AvgIpc) is 2.70. The first-order valence-corrected chi connectivity index (χ1v) is 11.4. The Hall–Kier alpha value is -1.74. The van der Waals surface area contributed by atoms with Crippen molar-refractivity contribution in [1.82, 2.24) is 10.6 Å². The second-order valence-corrected chi connectivity index (χ2v) is 8.88. The monoisotopic (exact) mass is 416 g/mol. The summed E-state index contributed by atoms with van der Waals surface area (Å²) in [6, 6.07) is 7.64. The van der Waals surface area contributed by atoms with E-state index >= 15 is 0 Å². The lowest BCUT2D eigenvalue weighted by atomic mass is 9.66. The molecule has 0 saturated heterocycles. The fourth-order valence-electron chi connectivity index (χ4n) is 4.14. The van der Waals surface area contributed by atoms with Crippen molar-refractivity contribution in [3.63, 3.8) is 0 Å². The minimum Gasteiger partial charge on any atom is -0.391 e. The highest BCUT2D eigenvalue weighted by molar-refractivity contribution is 6.30.